The van der Waals surface area contributed by atoms with E-state index in [0.717, 1.165) is 48.7 Å². The number of rotatable bonds is 5. The topological polar surface area (TPSA) is 75.1 Å². The van der Waals surface area contributed by atoms with Crippen LogP contribution in [-0.2, 0) is 4.79 Å². The standard InChI is InChI=1S/C22H28N4O3/c1-16-4-9-20(17(2)14-16)23-22(28)24-21(27)15-25-10-12-26(13-11-25)18-5-7-19(29-3)8-6-18/h4-9,14H,10-13,15H2,1-3H3,(H2,23,24,27,28)/p+1. The third-order valence-electron chi connectivity index (χ3n) is 5.20. The van der Waals surface area contributed by atoms with Gasteiger partial charge in [-0.05, 0) is 49.7 Å². The molecule has 0 unspecified atom stereocenters. The number of hydrogen-bond acceptors (Lipinski definition) is 4. The highest BCUT2D eigenvalue weighted by Gasteiger charge is 2.23. The normalized spacial score (nSPS) is 14.4. The summed E-state index contributed by atoms with van der Waals surface area (Å²) in [5.74, 6) is 0.578. The fourth-order valence-corrected chi connectivity index (χ4v) is 3.56. The molecule has 1 aliphatic heterocycles. The van der Waals surface area contributed by atoms with Crippen LogP contribution in [0.2, 0.25) is 0 Å². The van der Waals surface area contributed by atoms with E-state index in [2.05, 4.69) is 15.5 Å². The van der Waals surface area contributed by atoms with E-state index < -0.39 is 6.03 Å². The number of nitrogens with one attached hydrogen (secondary N) is 3. The van der Waals surface area contributed by atoms with Crippen molar-refractivity contribution in [3.63, 3.8) is 0 Å². The van der Waals surface area contributed by atoms with Crippen molar-refractivity contribution in [3.8, 4) is 5.75 Å². The number of hydrogen-bond donors (Lipinski definition) is 3. The highest BCUT2D eigenvalue weighted by molar-refractivity contribution is 6.01. The van der Waals surface area contributed by atoms with Crippen molar-refractivity contribution >= 4 is 23.3 Å². The van der Waals surface area contributed by atoms with Crippen LogP contribution in [-0.4, -0.2) is 51.8 Å². The Morgan fingerprint density at radius 3 is 2.38 bits per heavy atom. The van der Waals surface area contributed by atoms with Gasteiger partial charge in [-0.3, -0.25) is 10.1 Å². The summed E-state index contributed by atoms with van der Waals surface area (Å²) >= 11 is 0. The van der Waals surface area contributed by atoms with E-state index in [9.17, 15) is 9.59 Å². The number of anilines is 2. The van der Waals surface area contributed by atoms with Crippen LogP contribution in [0.15, 0.2) is 42.5 Å². The van der Waals surface area contributed by atoms with Crippen molar-refractivity contribution in [2.75, 3.05) is 50.1 Å². The molecule has 154 valence electrons. The lowest BCUT2D eigenvalue weighted by Crippen LogP contribution is -3.16. The minimum atomic E-state index is -0.488. The highest BCUT2D eigenvalue weighted by atomic mass is 16.5. The molecule has 2 aromatic carbocycles. The summed E-state index contributed by atoms with van der Waals surface area (Å²) in [6.07, 6.45) is 0. The molecule has 1 aliphatic rings. The number of carbonyl (C=O) groups is 2. The molecule has 7 nitrogen and oxygen atoms in total. The van der Waals surface area contributed by atoms with Gasteiger partial charge in [-0.2, -0.15) is 0 Å². The van der Waals surface area contributed by atoms with Crippen molar-refractivity contribution < 1.29 is 19.2 Å². The first-order valence-electron chi connectivity index (χ1n) is 9.85. The number of quaternary nitrogens is 1. The zero-order chi connectivity index (χ0) is 20.8. The highest BCUT2D eigenvalue weighted by Crippen LogP contribution is 2.19. The number of aryl methyl sites for hydroxylation is 2. The molecule has 2 aromatic rings. The molecule has 0 radical (unpaired) electrons. The van der Waals surface area contributed by atoms with E-state index in [1.807, 2.05) is 56.3 Å². The van der Waals surface area contributed by atoms with Gasteiger partial charge in [-0.1, -0.05) is 17.7 Å². The first-order valence-corrected chi connectivity index (χ1v) is 9.85. The van der Waals surface area contributed by atoms with E-state index in [4.69, 9.17) is 4.74 Å². The predicted molar refractivity (Wildman–Crippen MR) is 114 cm³/mol. The van der Waals surface area contributed by atoms with Gasteiger partial charge in [-0.15, -0.1) is 0 Å². The average Bonchev–Trinajstić information content (AvgIpc) is 2.70. The molecule has 0 atom stereocenters. The third-order valence-corrected chi connectivity index (χ3v) is 5.20. The molecule has 1 fully saturated rings. The molecule has 0 bridgehead atoms. The van der Waals surface area contributed by atoms with Crippen LogP contribution in [0.1, 0.15) is 11.1 Å². The monoisotopic (exact) mass is 397 g/mol. The second-order valence-electron chi connectivity index (χ2n) is 7.43. The summed E-state index contributed by atoms with van der Waals surface area (Å²) in [7, 11) is 1.66. The summed E-state index contributed by atoms with van der Waals surface area (Å²) in [5, 5.41) is 5.18. The minimum absolute atomic E-state index is 0.264. The Bertz CT molecular complexity index is 859. The molecule has 3 rings (SSSR count). The van der Waals surface area contributed by atoms with Gasteiger partial charge in [-0.25, -0.2) is 4.79 Å². The third kappa shape index (κ3) is 5.71. The molecule has 29 heavy (non-hydrogen) atoms. The largest absolute Gasteiger partial charge is 0.497 e. The second-order valence-corrected chi connectivity index (χ2v) is 7.43. The van der Waals surface area contributed by atoms with Crippen LogP contribution in [0, 0.1) is 13.8 Å². The molecule has 0 spiro atoms. The van der Waals surface area contributed by atoms with Crippen LogP contribution in [0.25, 0.3) is 0 Å². The van der Waals surface area contributed by atoms with E-state index >= 15 is 0 Å². The Morgan fingerprint density at radius 1 is 1.07 bits per heavy atom. The van der Waals surface area contributed by atoms with Crippen molar-refractivity contribution in [2.24, 2.45) is 0 Å². The van der Waals surface area contributed by atoms with Crippen molar-refractivity contribution in [1.82, 2.24) is 5.32 Å². The quantitative estimate of drug-likeness (QED) is 0.712. The summed E-state index contributed by atoms with van der Waals surface area (Å²) in [5.41, 5.74) is 3.96. The van der Waals surface area contributed by atoms with E-state index in [1.165, 1.54) is 4.90 Å². The lowest BCUT2D eigenvalue weighted by molar-refractivity contribution is -0.892. The lowest BCUT2D eigenvalue weighted by atomic mass is 10.1. The summed E-state index contributed by atoms with van der Waals surface area (Å²) in [4.78, 5) is 27.8. The Hall–Kier alpha value is -3.06. The van der Waals surface area contributed by atoms with Crippen LogP contribution in [0.5, 0.6) is 5.75 Å². The van der Waals surface area contributed by atoms with Crippen molar-refractivity contribution in [1.29, 1.82) is 0 Å². The number of nitrogens with zero attached hydrogens (tertiary/aromatic N) is 1. The molecular weight excluding hydrogens is 368 g/mol. The Labute approximate surface area is 171 Å². The number of imide groups is 1. The van der Waals surface area contributed by atoms with Gasteiger partial charge >= 0.3 is 6.03 Å². The van der Waals surface area contributed by atoms with Gasteiger partial charge in [0.2, 0.25) is 0 Å². The number of amides is 3. The molecule has 3 amide bonds. The SMILES string of the molecule is COc1ccc(N2CC[NH+](CC(=O)NC(=O)Nc3ccc(C)cc3C)CC2)cc1. The summed E-state index contributed by atoms with van der Waals surface area (Å²) in [6, 6.07) is 13.3. The molecule has 1 saturated heterocycles. The van der Waals surface area contributed by atoms with Crippen LogP contribution < -0.4 is 25.2 Å². The van der Waals surface area contributed by atoms with Gasteiger partial charge in [0, 0.05) is 11.4 Å². The maximum absolute atomic E-state index is 12.3. The molecule has 0 saturated carbocycles. The van der Waals surface area contributed by atoms with E-state index in [0.29, 0.717) is 5.69 Å². The zero-order valence-electron chi connectivity index (χ0n) is 17.2. The first kappa shape index (κ1) is 20.7. The van der Waals surface area contributed by atoms with Gasteiger partial charge in [0.05, 0.1) is 33.3 Å². The van der Waals surface area contributed by atoms with Crippen molar-refractivity contribution in [3.05, 3.63) is 53.6 Å². The van der Waals surface area contributed by atoms with Gasteiger partial charge in [0.25, 0.3) is 5.91 Å². The molecular formula is C22H29N4O3+. The number of benzene rings is 2. The molecule has 1 heterocycles. The number of ether oxygens (including phenoxy) is 1. The van der Waals surface area contributed by atoms with E-state index in [-0.39, 0.29) is 12.5 Å². The Morgan fingerprint density at radius 2 is 1.76 bits per heavy atom. The Balaban J connectivity index is 1.43. The average molecular weight is 397 g/mol. The first-order chi connectivity index (χ1) is 13.9. The maximum Gasteiger partial charge on any atom is 0.326 e. The predicted octanol–water partition coefficient (Wildman–Crippen LogP) is 1.37. The summed E-state index contributed by atoms with van der Waals surface area (Å²) < 4.78 is 5.20. The molecule has 3 N–H and O–H groups in total. The Kier molecular flexibility index (Phi) is 6.72. The van der Waals surface area contributed by atoms with Crippen molar-refractivity contribution in [2.45, 2.75) is 13.8 Å². The smallest absolute Gasteiger partial charge is 0.326 e. The zero-order valence-corrected chi connectivity index (χ0v) is 17.2. The van der Waals surface area contributed by atoms with Crippen LogP contribution >= 0.6 is 0 Å². The number of urea groups is 1. The second kappa shape index (κ2) is 9.43. The number of methoxy groups -OCH3 is 1. The van der Waals surface area contributed by atoms with Gasteiger partial charge in [0.15, 0.2) is 6.54 Å². The number of carbonyl (C=O) groups excluding carboxylic acids is 2. The van der Waals surface area contributed by atoms with Crippen LogP contribution in [0.4, 0.5) is 16.2 Å². The maximum atomic E-state index is 12.3. The number of piperazine rings is 1. The minimum Gasteiger partial charge on any atom is -0.497 e. The molecule has 7 heteroatoms. The van der Waals surface area contributed by atoms with Gasteiger partial charge < -0.3 is 19.9 Å². The van der Waals surface area contributed by atoms with Crippen LogP contribution in [0.3, 0.4) is 0 Å². The fourth-order valence-electron chi connectivity index (χ4n) is 3.56. The molecule has 0 aliphatic carbocycles. The summed E-state index contributed by atoms with van der Waals surface area (Å²) in [6.45, 7) is 7.63. The molecule has 0 aromatic heterocycles. The fraction of sp³-hybridized carbons (Fsp3) is 0.364. The van der Waals surface area contributed by atoms with E-state index in [1.54, 1.807) is 7.11 Å². The van der Waals surface area contributed by atoms with Gasteiger partial charge in [0.1, 0.15) is 5.75 Å². The lowest BCUT2D eigenvalue weighted by Gasteiger charge is -2.33.